The first kappa shape index (κ1) is 14.2. The van der Waals surface area contributed by atoms with Gasteiger partial charge in [0.15, 0.2) is 0 Å². The maximum absolute atomic E-state index is 11.6. The average Bonchev–Trinajstić information content (AvgIpc) is 2.28. The second kappa shape index (κ2) is 7.45. The number of amides is 1. The molecule has 1 amide bonds. The highest BCUT2D eigenvalue weighted by molar-refractivity contribution is 7.99. The van der Waals surface area contributed by atoms with E-state index in [9.17, 15) is 4.79 Å². The van der Waals surface area contributed by atoms with Crippen molar-refractivity contribution in [1.29, 1.82) is 0 Å². The molecule has 5 heteroatoms. The summed E-state index contributed by atoms with van der Waals surface area (Å²) in [6.07, 6.45) is 1.41. The van der Waals surface area contributed by atoms with E-state index in [1.807, 2.05) is 11.8 Å². The van der Waals surface area contributed by atoms with E-state index < -0.39 is 0 Å². The molecule has 3 nitrogen and oxygen atoms in total. The normalized spacial score (nSPS) is 10.2. The molecule has 0 saturated heterocycles. The Morgan fingerprint density at radius 2 is 2.29 bits per heavy atom. The van der Waals surface area contributed by atoms with Gasteiger partial charge >= 0.3 is 0 Å². The van der Waals surface area contributed by atoms with Gasteiger partial charge in [-0.15, -0.1) is 0 Å². The van der Waals surface area contributed by atoms with Gasteiger partial charge in [0.25, 0.3) is 0 Å². The molecule has 0 fully saturated rings. The Balaban J connectivity index is 2.40. The standard InChI is InChI=1S/C12H17ClN2OS/c1-2-17-7-3-4-12(16)15-11-6-5-9(14)8-10(11)13/h5-6,8H,2-4,7,14H2,1H3,(H,15,16). The number of rotatable bonds is 6. The van der Waals surface area contributed by atoms with Crippen molar-refractivity contribution in [3.63, 3.8) is 0 Å². The molecule has 1 aromatic rings. The summed E-state index contributed by atoms with van der Waals surface area (Å²) in [5.74, 6) is 2.10. The Kier molecular flexibility index (Phi) is 6.22. The van der Waals surface area contributed by atoms with Gasteiger partial charge in [-0.1, -0.05) is 18.5 Å². The van der Waals surface area contributed by atoms with Crippen LogP contribution < -0.4 is 11.1 Å². The third-order valence-corrected chi connectivity index (χ3v) is 3.46. The predicted molar refractivity (Wildman–Crippen MR) is 76.7 cm³/mol. The molecule has 0 aliphatic carbocycles. The Morgan fingerprint density at radius 1 is 1.53 bits per heavy atom. The van der Waals surface area contributed by atoms with Crippen molar-refractivity contribution in [3.8, 4) is 0 Å². The summed E-state index contributed by atoms with van der Waals surface area (Å²) in [4.78, 5) is 11.6. The monoisotopic (exact) mass is 272 g/mol. The van der Waals surface area contributed by atoms with Gasteiger partial charge in [0.2, 0.25) is 5.91 Å². The van der Waals surface area contributed by atoms with Crippen LogP contribution in [0.15, 0.2) is 18.2 Å². The first-order valence-corrected chi connectivity index (χ1v) is 7.09. The highest BCUT2D eigenvalue weighted by Crippen LogP contribution is 2.24. The van der Waals surface area contributed by atoms with Gasteiger partial charge in [0.05, 0.1) is 10.7 Å². The van der Waals surface area contributed by atoms with E-state index in [0.29, 0.717) is 22.8 Å². The molecule has 0 atom stereocenters. The number of carbonyl (C=O) groups excluding carboxylic acids is 1. The quantitative estimate of drug-likeness (QED) is 0.616. The Hall–Kier alpha value is -0.870. The van der Waals surface area contributed by atoms with Crippen LogP contribution in [0.25, 0.3) is 0 Å². The Labute approximate surface area is 111 Å². The number of hydrogen-bond acceptors (Lipinski definition) is 3. The molecule has 0 unspecified atom stereocenters. The molecular formula is C12H17ClN2OS. The molecule has 94 valence electrons. The van der Waals surface area contributed by atoms with Crippen LogP contribution in [-0.2, 0) is 4.79 Å². The van der Waals surface area contributed by atoms with Gasteiger partial charge in [-0.05, 0) is 36.1 Å². The topological polar surface area (TPSA) is 55.1 Å². The molecule has 0 radical (unpaired) electrons. The first-order chi connectivity index (χ1) is 8.13. The van der Waals surface area contributed by atoms with Crippen LogP contribution in [0.3, 0.4) is 0 Å². The summed E-state index contributed by atoms with van der Waals surface area (Å²) >= 11 is 7.80. The van der Waals surface area contributed by atoms with Crippen LogP contribution in [-0.4, -0.2) is 17.4 Å². The fourth-order valence-corrected chi connectivity index (χ4v) is 2.20. The largest absolute Gasteiger partial charge is 0.399 e. The maximum Gasteiger partial charge on any atom is 0.224 e. The molecule has 1 aromatic carbocycles. The molecule has 0 bridgehead atoms. The van der Waals surface area contributed by atoms with Crippen molar-refractivity contribution in [2.75, 3.05) is 22.6 Å². The summed E-state index contributed by atoms with van der Waals surface area (Å²) < 4.78 is 0. The number of halogens is 1. The van der Waals surface area contributed by atoms with Crippen LogP contribution in [0.4, 0.5) is 11.4 Å². The summed E-state index contributed by atoms with van der Waals surface area (Å²) in [6, 6.07) is 5.06. The number of hydrogen-bond donors (Lipinski definition) is 2. The van der Waals surface area contributed by atoms with Gasteiger partial charge in [-0.3, -0.25) is 4.79 Å². The van der Waals surface area contributed by atoms with Gasteiger partial charge < -0.3 is 11.1 Å². The molecule has 3 N–H and O–H groups in total. The summed E-state index contributed by atoms with van der Waals surface area (Å²) in [6.45, 7) is 2.11. The van der Waals surface area contributed by atoms with Crippen molar-refractivity contribution in [2.45, 2.75) is 19.8 Å². The smallest absolute Gasteiger partial charge is 0.224 e. The molecular weight excluding hydrogens is 256 g/mol. The lowest BCUT2D eigenvalue weighted by Gasteiger charge is -2.07. The number of benzene rings is 1. The van der Waals surface area contributed by atoms with Crippen LogP contribution in [0.5, 0.6) is 0 Å². The maximum atomic E-state index is 11.6. The van der Waals surface area contributed by atoms with Gasteiger partial charge in [-0.2, -0.15) is 11.8 Å². The van der Waals surface area contributed by atoms with Crippen molar-refractivity contribution < 1.29 is 4.79 Å². The molecule has 0 aliphatic heterocycles. The van der Waals surface area contributed by atoms with E-state index in [-0.39, 0.29) is 5.91 Å². The van der Waals surface area contributed by atoms with Crippen LogP contribution in [0.1, 0.15) is 19.8 Å². The molecule has 0 aromatic heterocycles. The second-order valence-electron chi connectivity index (χ2n) is 3.59. The Bertz CT molecular complexity index is 385. The molecule has 0 saturated carbocycles. The van der Waals surface area contributed by atoms with Crippen LogP contribution in [0, 0.1) is 0 Å². The lowest BCUT2D eigenvalue weighted by Crippen LogP contribution is -2.11. The van der Waals surface area contributed by atoms with Crippen LogP contribution >= 0.6 is 23.4 Å². The third-order valence-electron chi connectivity index (χ3n) is 2.16. The molecule has 17 heavy (non-hydrogen) atoms. The van der Waals surface area contributed by atoms with E-state index in [2.05, 4.69) is 12.2 Å². The minimum atomic E-state index is -0.00613. The fraction of sp³-hybridized carbons (Fsp3) is 0.417. The predicted octanol–water partition coefficient (Wildman–Crippen LogP) is 3.39. The number of nitrogen functional groups attached to an aromatic ring is 1. The van der Waals surface area contributed by atoms with Crippen molar-refractivity contribution in [1.82, 2.24) is 0 Å². The SMILES string of the molecule is CCSCCCC(=O)Nc1ccc(N)cc1Cl. The lowest BCUT2D eigenvalue weighted by molar-refractivity contribution is -0.116. The highest BCUT2D eigenvalue weighted by atomic mass is 35.5. The number of thioether (sulfide) groups is 1. The molecule has 0 spiro atoms. The van der Waals surface area contributed by atoms with Crippen LogP contribution in [0.2, 0.25) is 5.02 Å². The summed E-state index contributed by atoms with van der Waals surface area (Å²) in [5, 5.41) is 3.25. The minimum absolute atomic E-state index is 0.00613. The van der Waals surface area contributed by atoms with Crippen molar-refractivity contribution >= 4 is 40.6 Å². The molecule has 0 aliphatic rings. The van der Waals surface area contributed by atoms with Crippen molar-refractivity contribution in [2.24, 2.45) is 0 Å². The third kappa shape index (κ3) is 5.33. The zero-order valence-corrected chi connectivity index (χ0v) is 11.4. The van der Waals surface area contributed by atoms with Gasteiger partial charge in [0, 0.05) is 12.1 Å². The van der Waals surface area contributed by atoms with E-state index in [4.69, 9.17) is 17.3 Å². The second-order valence-corrected chi connectivity index (χ2v) is 5.39. The minimum Gasteiger partial charge on any atom is -0.399 e. The van der Waals surface area contributed by atoms with Gasteiger partial charge in [0.1, 0.15) is 0 Å². The zero-order chi connectivity index (χ0) is 12.7. The fourth-order valence-electron chi connectivity index (χ4n) is 1.32. The number of carbonyl (C=O) groups is 1. The number of nitrogens with two attached hydrogens (primary N) is 1. The summed E-state index contributed by atoms with van der Waals surface area (Å²) in [7, 11) is 0. The Morgan fingerprint density at radius 3 is 2.94 bits per heavy atom. The van der Waals surface area contributed by atoms with Gasteiger partial charge in [-0.25, -0.2) is 0 Å². The van der Waals surface area contributed by atoms with Crippen molar-refractivity contribution in [3.05, 3.63) is 23.2 Å². The molecule has 1 rings (SSSR count). The van der Waals surface area contributed by atoms with E-state index in [0.717, 1.165) is 17.9 Å². The zero-order valence-electron chi connectivity index (χ0n) is 9.83. The lowest BCUT2D eigenvalue weighted by atomic mass is 10.2. The number of anilines is 2. The van der Waals surface area contributed by atoms with E-state index in [1.54, 1.807) is 18.2 Å². The summed E-state index contributed by atoms with van der Waals surface area (Å²) in [5.41, 5.74) is 6.78. The van der Waals surface area contributed by atoms with E-state index in [1.165, 1.54) is 0 Å². The highest BCUT2D eigenvalue weighted by Gasteiger charge is 2.05. The average molecular weight is 273 g/mol. The van der Waals surface area contributed by atoms with E-state index >= 15 is 0 Å². The first-order valence-electron chi connectivity index (χ1n) is 5.56. The number of nitrogens with one attached hydrogen (secondary N) is 1. The molecule has 0 heterocycles.